The minimum Gasteiger partial charge on any atom is -0.444 e. The average molecular weight is 432 g/mol. The number of rotatable bonds is 5. The van der Waals surface area contributed by atoms with Crippen LogP contribution >= 0.6 is 0 Å². The number of amides is 1. The molecule has 0 spiro atoms. The molecule has 1 fully saturated rings. The van der Waals surface area contributed by atoms with Crippen molar-refractivity contribution in [1.82, 2.24) is 5.32 Å². The molecule has 1 aliphatic carbocycles. The lowest BCUT2D eigenvalue weighted by Gasteiger charge is -2.32. The Bertz CT molecular complexity index is 739. The van der Waals surface area contributed by atoms with Gasteiger partial charge in [0.25, 0.3) is 0 Å². The highest BCUT2D eigenvalue weighted by Gasteiger charge is 2.33. The molecule has 0 saturated heterocycles. The minimum atomic E-state index is -4.54. The van der Waals surface area contributed by atoms with E-state index >= 15 is 0 Å². The quantitative estimate of drug-likeness (QED) is 0.577. The van der Waals surface area contributed by atoms with Gasteiger partial charge >= 0.3 is 12.3 Å². The monoisotopic (exact) mass is 432 g/mol. The van der Waals surface area contributed by atoms with E-state index < -0.39 is 29.7 Å². The molecule has 1 atom stereocenters. The molecule has 0 heterocycles. The molecule has 3 N–H and O–H groups in total. The fraction of sp³-hybridized carbons (Fsp3) is 0.667. The Balaban J connectivity index is 2.06. The summed E-state index contributed by atoms with van der Waals surface area (Å²) < 4.78 is 50.0. The molecule has 2 rings (SSSR count). The van der Waals surface area contributed by atoms with Gasteiger partial charge in [0.1, 0.15) is 5.60 Å². The maximum absolute atomic E-state index is 13.3. The second-order valence-electron chi connectivity index (χ2n) is 8.66. The fourth-order valence-corrected chi connectivity index (χ4v) is 3.51. The zero-order chi connectivity index (χ0) is 22.7. The average Bonchev–Trinajstić information content (AvgIpc) is 2.61. The van der Waals surface area contributed by atoms with Crippen LogP contribution in [0.1, 0.15) is 69.4 Å². The highest BCUT2D eigenvalue weighted by molar-refractivity contribution is 5.68. The topological polar surface area (TPSA) is 79.8 Å². The molecule has 1 amide bonds. The third-order valence-electron chi connectivity index (χ3n) is 5.07. The Labute approximate surface area is 175 Å². The normalized spacial score (nSPS) is 21.1. The van der Waals surface area contributed by atoms with Gasteiger partial charge in [-0.1, -0.05) is 0 Å². The first-order valence-corrected chi connectivity index (χ1v) is 9.99. The van der Waals surface area contributed by atoms with Crippen LogP contribution in [0.4, 0.5) is 23.7 Å². The number of halogens is 3. The van der Waals surface area contributed by atoms with Gasteiger partial charge in [0.15, 0.2) is 6.29 Å². The number of anilines is 1. The smallest absolute Gasteiger partial charge is 0.416 e. The highest BCUT2D eigenvalue weighted by Crippen LogP contribution is 2.37. The molecule has 170 valence electrons. The van der Waals surface area contributed by atoms with E-state index in [0.717, 1.165) is 12.1 Å². The van der Waals surface area contributed by atoms with Crippen LogP contribution < -0.4 is 10.6 Å². The molecule has 0 aromatic heterocycles. The molecule has 1 aromatic rings. The summed E-state index contributed by atoms with van der Waals surface area (Å²) in [4.78, 5) is 11.9. The van der Waals surface area contributed by atoms with E-state index in [1.54, 1.807) is 27.7 Å². The number of ether oxygens (including phenoxy) is 2. The number of nitrogens with one attached hydrogen (secondary N) is 2. The van der Waals surface area contributed by atoms with Crippen LogP contribution in [0.15, 0.2) is 12.1 Å². The number of carbonyl (C=O) groups excluding carboxylic acids is 1. The maximum Gasteiger partial charge on any atom is 0.416 e. The van der Waals surface area contributed by atoms with Crippen molar-refractivity contribution < 1.29 is 32.5 Å². The van der Waals surface area contributed by atoms with E-state index in [1.807, 2.05) is 0 Å². The van der Waals surface area contributed by atoms with E-state index in [1.165, 1.54) is 7.11 Å². The second kappa shape index (κ2) is 9.43. The Hall–Kier alpha value is -2.00. The molecule has 1 aliphatic rings. The molecule has 0 bridgehead atoms. The number of methoxy groups -OCH3 is 1. The molecule has 9 heteroatoms. The number of hydrogen-bond donors (Lipinski definition) is 3. The summed E-state index contributed by atoms with van der Waals surface area (Å²) in [6.45, 7) is 7.02. The van der Waals surface area contributed by atoms with Gasteiger partial charge in [-0.3, -0.25) is 0 Å². The van der Waals surface area contributed by atoms with E-state index in [9.17, 15) is 23.1 Å². The molecule has 1 unspecified atom stereocenters. The lowest BCUT2D eigenvalue weighted by Crippen LogP contribution is -2.42. The van der Waals surface area contributed by atoms with Crippen molar-refractivity contribution in [2.75, 3.05) is 12.4 Å². The van der Waals surface area contributed by atoms with Crippen molar-refractivity contribution in [3.63, 3.8) is 0 Å². The number of hydrogen-bond acceptors (Lipinski definition) is 5. The van der Waals surface area contributed by atoms with Gasteiger partial charge in [0.2, 0.25) is 0 Å². The molecule has 0 aliphatic heterocycles. The largest absolute Gasteiger partial charge is 0.444 e. The lowest BCUT2D eigenvalue weighted by atomic mass is 9.90. The molecule has 1 saturated carbocycles. The molecule has 1 aromatic carbocycles. The number of alkyl halides is 3. The van der Waals surface area contributed by atoms with Gasteiger partial charge < -0.3 is 25.2 Å². The molecule has 0 radical (unpaired) electrons. The number of benzene rings is 1. The van der Waals surface area contributed by atoms with Crippen LogP contribution in [0.5, 0.6) is 0 Å². The van der Waals surface area contributed by atoms with Crippen molar-refractivity contribution in [3.05, 3.63) is 28.8 Å². The fourth-order valence-electron chi connectivity index (χ4n) is 3.51. The van der Waals surface area contributed by atoms with Crippen molar-refractivity contribution in [2.45, 2.75) is 83.5 Å². The number of aliphatic hydroxyl groups excluding tert-OH is 1. The van der Waals surface area contributed by atoms with Crippen LogP contribution in [-0.4, -0.2) is 36.0 Å². The highest BCUT2D eigenvalue weighted by atomic mass is 19.4. The van der Waals surface area contributed by atoms with E-state index in [2.05, 4.69) is 10.6 Å². The van der Waals surface area contributed by atoms with E-state index in [0.29, 0.717) is 36.9 Å². The maximum atomic E-state index is 13.3. The summed E-state index contributed by atoms with van der Waals surface area (Å²) >= 11 is 0. The van der Waals surface area contributed by atoms with Crippen LogP contribution in [0, 0.1) is 6.92 Å². The van der Waals surface area contributed by atoms with E-state index in [4.69, 9.17) is 9.47 Å². The Morgan fingerprint density at radius 3 is 2.20 bits per heavy atom. The lowest BCUT2D eigenvalue weighted by molar-refractivity contribution is -0.138. The number of aliphatic hydroxyl groups is 1. The number of carbonyl (C=O) groups is 1. The molecule has 6 nitrogen and oxygen atoms in total. The third-order valence-corrected chi connectivity index (χ3v) is 5.07. The zero-order valence-electron chi connectivity index (χ0n) is 18.0. The first kappa shape index (κ1) is 24.3. The second-order valence-corrected chi connectivity index (χ2v) is 8.66. The van der Waals surface area contributed by atoms with Gasteiger partial charge in [0, 0.05) is 30.4 Å². The Morgan fingerprint density at radius 2 is 1.70 bits per heavy atom. The van der Waals surface area contributed by atoms with Gasteiger partial charge in [-0.25, -0.2) is 4.79 Å². The summed E-state index contributed by atoms with van der Waals surface area (Å²) in [5, 5.41) is 16.0. The molecular formula is C21H31F3N2O4. The summed E-state index contributed by atoms with van der Waals surface area (Å²) in [6, 6.07) is 1.89. The van der Waals surface area contributed by atoms with Crippen molar-refractivity contribution in [2.24, 2.45) is 0 Å². The van der Waals surface area contributed by atoms with Crippen LogP contribution in [0.25, 0.3) is 0 Å². The van der Waals surface area contributed by atoms with Gasteiger partial charge in [-0.2, -0.15) is 13.2 Å². The SMILES string of the molecule is COC(O)c1cc(C(F)(F)F)cc(N[C@H]2CC[C@H](NC(=O)OC(C)(C)C)CC2)c1C. The van der Waals surface area contributed by atoms with Crippen molar-refractivity contribution in [3.8, 4) is 0 Å². The first-order valence-electron chi connectivity index (χ1n) is 9.99. The zero-order valence-corrected chi connectivity index (χ0v) is 18.0. The third kappa shape index (κ3) is 6.77. The van der Waals surface area contributed by atoms with Crippen molar-refractivity contribution >= 4 is 11.8 Å². The van der Waals surface area contributed by atoms with Crippen LogP contribution in [0.2, 0.25) is 0 Å². The summed E-state index contributed by atoms with van der Waals surface area (Å²) in [5.41, 5.74) is -0.517. The van der Waals surface area contributed by atoms with Crippen LogP contribution in [0.3, 0.4) is 0 Å². The first-order chi connectivity index (χ1) is 13.8. The minimum absolute atomic E-state index is 0.0358. The Morgan fingerprint density at radius 1 is 1.13 bits per heavy atom. The number of alkyl carbamates (subject to hydrolysis) is 1. The van der Waals surface area contributed by atoms with Crippen molar-refractivity contribution in [1.29, 1.82) is 0 Å². The standard InChI is InChI=1S/C21H31F3N2O4/c1-12-16(18(27)29-5)10-13(21(22,23)24)11-17(12)25-14-6-8-15(9-7-14)26-19(28)30-20(2,3)4/h10-11,14-15,18,25,27H,6-9H2,1-5H3,(H,26,28)/t14-,15-,18?. The predicted molar refractivity (Wildman–Crippen MR) is 107 cm³/mol. The summed E-state index contributed by atoms with van der Waals surface area (Å²) in [7, 11) is 1.23. The van der Waals surface area contributed by atoms with Crippen LogP contribution in [-0.2, 0) is 15.7 Å². The predicted octanol–water partition coefficient (Wildman–Crippen LogP) is 4.90. The Kier molecular flexibility index (Phi) is 7.63. The van der Waals surface area contributed by atoms with Gasteiger partial charge in [-0.05, 0) is 71.1 Å². The molecular weight excluding hydrogens is 401 g/mol. The summed E-state index contributed by atoms with van der Waals surface area (Å²) in [6.07, 6.45) is -3.73. The van der Waals surface area contributed by atoms with Gasteiger partial charge in [-0.15, -0.1) is 0 Å². The molecule has 30 heavy (non-hydrogen) atoms. The van der Waals surface area contributed by atoms with Gasteiger partial charge in [0.05, 0.1) is 5.56 Å². The summed E-state index contributed by atoms with van der Waals surface area (Å²) in [5.74, 6) is 0. The van der Waals surface area contributed by atoms with E-state index in [-0.39, 0.29) is 17.6 Å².